The summed E-state index contributed by atoms with van der Waals surface area (Å²) in [6, 6.07) is 14.7. The first kappa shape index (κ1) is 23.9. The fourth-order valence-corrected chi connectivity index (χ4v) is 3.03. The van der Waals surface area contributed by atoms with Crippen molar-refractivity contribution in [1.82, 2.24) is 15.8 Å². The summed E-state index contributed by atoms with van der Waals surface area (Å²) in [5.74, 6) is -1.05. The van der Waals surface area contributed by atoms with Crippen LogP contribution < -0.4 is 21.1 Å². The monoisotopic (exact) mass is 425 g/mol. The van der Waals surface area contributed by atoms with Gasteiger partial charge in [-0.25, -0.2) is 0 Å². The molecule has 3 N–H and O–H groups in total. The van der Waals surface area contributed by atoms with Crippen LogP contribution in [0.3, 0.4) is 0 Å². The Labute approximate surface area is 183 Å². The molecule has 0 aliphatic heterocycles. The largest absolute Gasteiger partial charge is 0.372 e. The van der Waals surface area contributed by atoms with Crippen LogP contribution in [0.4, 0.5) is 11.4 Å². The van der Waals surface area contributed by atoms with Crippen molar-refractivity contribution in [1.29, 1.82) is 0 Å². The molecule has 166 valence electrons. The highest BCUT2D eigenvalue weighted by molar-refractivity contribution is 5.96. The number of hydrazine groups is 1. The second kappa shape index (κ2) is 11.7. The van der Waals surface area contributed by atoms with Gasteiger partial charge in [0.1, 0.15) is 0 Å². The molecule has 0 aliphatic carbocycles. The fraction of sp³-hybridized carbons (Fsp3) is 0.348. The number of hydrogen-bond acceptors (Lipinski definition) is 5. The van der Waals surface area contributed by atoms with E-state index in [9.17, 15) is 14.4 Å². The van der Waals surface area contributed by atoms with Crippen molar-refractivity contribution >= 4 is 29.1 Å². The molecule has 0 unspecified atom stereocenters. The van der Waals surface area contributed by atoms with Gasteiger partial charge in [0.2, 0.25) is 5.91 Å². The van der Waals surface area contributed by atoms with Crippen molar-refractivity contribution < 1.29 is 14.4 Å². The van der Waals surface area contributed by atoms with E-state index in [2.05, 4.69) is 34.9 Å². The highest BCUT2D eigenvalue weighted by atomic mass is 16.2. The number of nitrogens with one attached hydrogen (secondary N) is 3. The minimum atomic E-state index is -0.418. The molecule has 0 aromatic heterocycles. The van der Waals surface area contributed by atoms with E-state index in [1.165, 1.54) is 0 Å². The van der Waals surface area contributed by atoms with Gasteiger partial charge in [0.25, 0.3) is 11.8 Å². The number of aryl methyl sites for hydroxylation is 1. The van der Waals surface area contributed by atoms with Gasteiger partial charge in [-0.05, 0) is 64.2 Å². The Morgan fingerprint density at radius 1 is 0.806 bits per heavy atom. The molecule has 0 atom stereocenters. The molecule has 8 heteroatoms. The summed E-state index contributed by atoms with van der Waals surface area (Å²) in [6.07, 6.45) is 0. The molecule has 2 aromatic carbocycles. The van der Waals surface area contributed by atoms with Gasteiger partial charge in [-0.2, -0.15) is 0 Å². The van der Waals surface area contributed by atoms with Crippen molar-refractivity contribution in [3.05, 3.63) is 59.7 Å². The molecular formula is C23H31N5O3. The standard InChI is InChI=1S/C23H31N5O3/c1-5-28(6-2)20-13-9-18(10-14-20)23(31)26-25-22(30)16-27(4)15-21(29)24-19-11-7-17(3)8-12-19/h7-14H,5-6,15-16H2,1-4H3,(H,24,29)(H,25,30)(H,26,31). The first-order valence-corrected chi connectivity index (χ1v) is 10.3. The molecule has 3 amide bonds. The van der Waals surface area contributed by atoms with Crippen LogP contribution in [-0.2, 0) is 9.59 Å². The third-order valence-corrected chi connectivity index (χ3v) is 4.74. The van der Waals surface area contributed by atoms with Crippen LogP contribution in [0.2, 0.25) is 0 Å². The number of rotatable bonds is 9. The van der Waals surface area contributed by atoms with E-state index in [0.29, 0.717) is 11.3 Å². The van der Waals surface area contributed by atoms with Gasteiger partial charge in [-0.3, -0.25) is 30.1 Å². The van der Waals surface area contributed by atoms with E-state index in [-0.39, 0.29) is 19.0 Å². The lowest BCUT2D eigenvalue weighted by atomic mass is 10.2. The highest BCUT2D eigenvalue weighted by Crippen LogP contribution is 2.14. The molecule has 2 rings (SSSR count). The van der Waals surface area contributed by atoms with Crippen LogP contribution in [0.5, 0.6) is 0 Å². The average molecular weight is 426 g/mol. The lowest BCUT2D eigenvalue weighted by Crippen LogP contribution is -2.46. The van der Waals surface area contributed by atoms with E-state index in [0.717, 1.165) is 24.3 Å². The van der Waals surface area contributed by atoms with E-state index < -0.39 is 11.8 Å². The predicted molar refractivity (Wildman–Crippen MR) is 123 cm³/mol. The minimum Gasteiger partial charge on any atom is -0.372 e. The summed E-state index contributed by atoms with van der Waals surface area (Å²) in [6.45, 7) is 7.89. The van der Waals surface area contributed by atoms with E-state index in [1.807, 2.05) is 43.3 Å². The number of carbonyl (C=O) groups excluding carboxylic acids is 3. The van der Waals surface area contributed by atoms with Gasteiger partial charge in [0, 0.05) is 30.0 Å². The van der Waals surface area contributed by atoms with Gasteiger partial charge in [0.05, 0.1) is 13.1 Å². The van der Waals surface area contributed by atoms with Crippen LogP contribution in [0.15, 0.2) is 48.5 Å². The molecule has 2 aromatic rings. The molecule has 0 spiro atoms. The summed E-state index contributed by atoms with van der Waals surface area (Å²) < 4.78 is 0. The summed E-state index contributed by atoms with van der Waals surface area (Å²) >= 11 is 0. The maximum atomic E-state index is 12.2. The normalized spacial score (nSPS) is 10.5. The third-order valence-electron chi connectivity index (χ3n) is 4.74. The van der Waals surface area contributed by atoms with Gasteiger partial charge < -0.3 is 10.2 Å². The average Bonchev–Trinajstić information content (AvgIpc) is 2.75. The Bertz CT molecular complexity index is 877. The molecule has 0 bridgehead atoms. The second-order valence-electron chi connectivity index (χ2n) is 7.31. The van der Waals surface area contributed by atoms with E-state index in [1.54, 1.807) is 24.1 Å². The maximum Gasteiger partial charge on any atom is 0.269 e. The lowest BCUT2D eigenvalue weighted by molar-refractivity contribution is -0.123. The smallest absolute Gasteiger partial charge is 0.269 e. The first-order chi connectivity index (χ1) is 14.8. The van der Waals surface area contributed by atoms with Crippen LogP contribution in [0, 0.1) is 6.92 Å². The van der Waals surface area contributed by atoms with Crippen LogP contribution in [-0.4, -0.2) is 55.8 Å². The number of nitrogens with zero attached hydrogens (tertiary/aromatic N) is 2. The zero-order valence-electron chi connectivity index (χ0n) is 18.6. The lowest BCUT2D eigenvalue weighted by Gasteiger charge is -2.21. The van der Waals surface area contributed by atoms with Crippen molar-refractivity contribution in [2.45, 2.75) is 20.8 Å². The molecule has 31 heavy (non-hydrogen) atoms. The van der Waals surface area contributed by atoms with E-state index in [4.69, 9.17) is 0 Å². The fourth-order valence-electron chi connectivity index (χ4n) is 3.03. The molecule has 0 radical (unpaired) electrons. The van der Waals surface area contributed by atoms with Crippen molar-refractivity contribution in [2.75, 3.05) is 43.4 Å². The number of benzene rings is 2. The Morgan fingerprint density at radius 2 is 1.39 bits per heavy atom. The van der Waals surface area contributed by atoms with Gasteiger partial charge in [-0.15, -0.1) is 0 Å². The maximum absolute atomic E-state index is 12.2. The summed E-state index contributed by atoms with van der Waals surface area (Å²) in [7, 11) is 1.65. The Morgan fingerprint density at radius 3 is 1.97 bits per heavy atom. The van der Waals surface area contributed by atoms with Crippen LogP contribution in [0.1, 0.15) is 29.8 Å². The van der Waals surface area contributed by atoms with E-state index >= 15 is 0 Å². The SMILES string of the molecule is CCN(CC)c1ccc(C(=O)NNC(=O)CN(C)CC(=O)Nc2ccc(C)cc2)cc1. The third kappa shape index (κ3) is 7.75. The molecule has 0 saturated carbocycles. The minimum absolute atomic E-state index is 0.0392. The Kier molecular flexibility index (Phi) is 9.02. The Hall–Kier alpha value is -3.39. The first-order valence-electron chi connectivity index (χ1n) is 10.3. The molecular weight excluding hydrogens is 394 g/mol. The number of likely N-dealkylation sites (N-methyl/N-ethyl adjacent to an activating group) is 1. The molecule has 0 aliphatic rings. The summed E-state index contributed by atoms with van der Waals surface area (Å²) in [5.41, 5.74) is 8.07. The van der Waals surface area contributed by atoms with Crippen molar-refractivity contribution in [3.63, 3.8) is 0 Å². The molecule has 0 fully saturated rings. The highest BCUT2D eigenvalue weighted by Gasteiger charge is 2.13. The number of anilines is 2. The summed E-state index contributed by atoms with van der Waals surface area (Å²) in [4.78, 5) is 40.2. The van der Waals surface area contributed by atoms with Gasteiger partial charge in [0.15, 0.2) is 0 Å². The Balaban J connectivity index is 1.75. The van der Waals surface area contributed by atoms with Crippen LogP contribution in [0.25, 0.3) is 0 Å². The van der Waals surface area contributed by atoms with Crippen molar-refractivity contribution in [2.24, 2.45) is 0 Å². The second-order valence-corrected chi connectivity index (χ2v) is 7.31. The number of amides is 3. The number of hydrogen-bond donors (Lipinski definition) is 3. The molecule has 8 nitrogen and oxygen atoms in total. The molecule has 0 heterocycles. The van der Waals surface area contributed by atoms with Crippen LogP contribution >= 0.6 is 0 Å². The van der Waals surface area contributed by atoms with Gasteiger partial charge >= 0.3 is 0 Å². The summed E-state index contributed by atoms with van der Waals surface area (Å²) in [5, 5.41) is 2.78. The topological polar surface area (TPSA) is 93.8 Å². The zero-order chi connectivity index (χ0) is 22.8. The van der Waals surface area contributed by atoms with Gasteiger partial charge in [-0.1, -0.05) is 17.7 Å². The zero-order valence-corrected chi connectivity index (χ0v) is 18.6. The molecule has 0 saturated heterocycles. The van der Waals surface area contributed by atoms with Crippen molar-refractivity contribution in [3.8, 4) is 0 Å². The number of carbonyl (C=O) groups is 3. The predicted octanol–water partition coefficient (Wildman–Crippen LogP) is 2.17. The quantitative estimate of drug-likeness (QED) is 0.536.